The topological polar surface area (TPSA) is 64.7 Å². The third kappa shape index (κ3) is 5.22. The fourth-order valence-corrected chi connectivity index (χ4v) is 3.75. The van der Waals surface area contributed by atoms with Crippen LogP contribution in [0.3, 0.4) is 0 Å². The van der Waals surface area contributed by atoms with Gasteiger partial charge in [0.05, 0.1) is 6.54 Å². The van der Waals surface area contributed by atoms with Gasteiger partial charge in [-0.05, 0) is 31.0 Å². The summed E-state index contributed by atoms with van der Waals surface area (Å²) in [4.78, 5) is 12.3. The number of benzene rings is 1. The lowest BCUT2D eigenvalue weighted by molar-refractivity contribution is -0.141. The molecule has 0 atom stereocenters. The van der Waals surface area contributed by atoms with Crippen LogP contribution in [0.25, 0.3) is 0 Å². The van der Waals surface area contributed by atoms with Crippen LogP contribution in [0.1, 0.15) is 42.1 Å². The summed E-state index contributed by atoms with van der Waals surface area (Å²) in [5, 5.41) is 11.6. The van der Waals surface area contributed by atoms with Crippen LogP contribution in [0, 0.1) is 0 Å². The van der Waals surface area contributed by atoms with Gasteiger partial charge in [-0.25, -0.2) is 0 Å². The predicted molar refractivity (Wildman–Crippen MR) is 110 cm³/mol. The van der Waals surface area contributed by atoms with Crippen LogP contribution < -0.4 is 5.32 Å². The number of amides is 1. The molecule has 0 unspecified atom stereocenters. The number of carbonyl (C=O) groups is 1. The largest absolute Gasteiger partial charge is 0.435 e. The molecule has 2 aromatic heterocycles. The highest BCUT2D eigenvalue weighted by Crippen LogP contribution is 2.42. The highest BCUT2D eigenvalue weighted by molar-refractivity contribution is 6.35. The highest BCUT2D eigenvalue weighted by Gasteiger charge is 2.37. The average Bonchev–Trinajstić information content (AvgIpc) is 3.28. The SMILES string of the molecule is O=C(CCn1nc(C(F)(F)F)cc1C1CC1)Nc1ccn(Cc2c(Cl)cccc2Cl)n1. The maximum atomic E-state index is 13.0. The van der Waals surface area contributed by atoms with Gasteiger partial charge in [-0.3, -0.25) is 14.2 Å². The molecule has 164 valence electrons. The summed E-state index contributed by atoms with van der Waals surface area (Å²) in [5.41, 5.74) is 0.311. The van der Waals surface area contributed by atoms with E-state index >= 15 is 0 Å². The summed E-state index contributed by atoms with van der Waals surface area (Å²) >= 11 is 12.3. The Balaban J connectivity index is 1.36. The number of hydrogen-bond acceptors (Lipinski definition) is 3. The third-order valence-electron chi connectivity index (χ3n) is 4.94. The molecule has 1 aliphatic carbocycles. The van der Waals surface area contributed by atoms with Crippen LogP contribution in [0.4, 0.5) is 19.0 Å². The number of nitrogens with zero attached hydrogens (tertiary/aromatic N) is 4. The molecule has 1 saturated carbocycles. The van der Waals surface area contributed by atoms with Crippen LogP contribution in [0.15, 0.2) is 36.5 Å². The van der Waals surface area contributed by atoms with Gasteiger partial charge in [0.1, 0.15) is 0 Å². The van der Waals surface area contributed by atoms with Crippen molar-refractivity contribution in [1.82, 2.24) is 19.6 Å². The molecule has 0 spiro atoms. The van der Waals surface area contributed by atoms with Gasteiger partial charge in [-0.2, -0.15) is 23.4 Å². The molecule has 0 bridgehead atoms. The average molecular weight is 472 g/mol. The molecule has 4 rings (SSSR count). The summed E-state index contributed by atoms with van der Waals surface area (Å²) in [6.45, 7) is 0.385. The van der Waals surface area contributed by atoms with Gasteiger partial charge in [-0.1, -0.05) is 29.3 Å². The first kappa shape index (κ1) is 21.7. The van der Waals surface area contributed by atoms with E-state index in [9.17, 15) is 18.0 Å². The van der Waals surface area contributed by atoms with E-state index in [1.165, 1.54) is 4.68 Å². The van der Waals surface area contributed by atoms with Crippen molar-refractivity contribution in [3.05, 3.63) is 63.5 Å². The van der Waals surface area contributed by atoms with Crippen molar-refractivity contribution in [2.75, 3.05) is 5.32 Å². The maximum Gasteiger partial charge on any atom is 0.435 e. The summed E-state index contributed by atoms with van der Waals surface area (Å²) in [7, 11) is 0. The molecular formula is C20H18Cl2F3N5O. The first-order chi connectivity index (χ1) is 14.7. The number of aryl methyl sites for hydroxylation is 1. The van der Waals surface area contributed by atoms with Gasteiger partial charge in [0.25, 0.3) is 0 Å². The van der Waals surface area contributed by atoms with Crippen molar-refractivity contribution >= 4 is 34.9 Å². The summed E-state index contributed by atoms with van der Waals surface area (Å²) in [6, 6.07) is 7.90. The summed E-state index contributed by atoms with van der Waals surface area (Å²) in [6.07, 6.45) is -1.19. The number of rotatable bonds is 7. The van der Waals surface area contributed by atoms with Gasteiger partial charge in [-0.15, -0.1) is 0 Å². The Morgan fingerprint density at radius 2 is 1.87 bits per heavy atom. The molecule has 0 saturated heterocycles. The van der Waals surface area contributed by atoms with Gasteiger partial charge in [0.15, 0.2) is 11.5 Å². The van der Waals surface area contributed by atoms with E-state index in [1.54, 1.807) is 35.1 Å². The first-order valence-electron chi connectivity index (χ1n) is 9.62. The minimum atomic E-state index is -4.51. The number of anilines is 1. The lowest BCUT2D eigenvalue weighted by Gasteiger charge is -2.08. The van der Waals surface area contributed by atoms with Gasteiger partial charge in [0.2, 0.25) is 5.91 Å². The minimum Gasteiger partial charge on any atom is -0.309 e. The second-order valence-corrected chi connectivity index (χ2v) is 8.16. The Morgan fingerprint density at radius 3 is 2.52 bits per heavy atom. The fraction of sp³-hybridized carbons (Fsp3) is 0.350. The zero-order chi connectivity index (χ0) is 22.2. The quantitative estimate of drug-likeness (QED) is 0.504. The fourth-order valence-electron chi connectivity index (χ4n) is 3.23. The molecule has 1 amide bonds. The van der Waals surface area contributed by atoms with Crippen LogP contribution >= 0.6 is 23.2 Å². The number of hydrogen-bond donors (Lipinski definition) is 1. The molecule has 31 heavy (non-hydrogen) atoms. The smallest absolute Gasteiger partial charge is 0.309 e. The predicted octanol–water partition coefficient (Wildman–Crippen LogP) is 5.36. The Morgan fingerprint density at radius 1 is 1.16 bits per heavy atom. The van der Waals surface area contributed by atoms with Crippen molar-refractivity contribution < 1.29 is 18.0 Å². The van der Waals surface area contributed by atoms with Crippen LogP contribution in [-0.4, -0.2) is 25.5 Å². The first-order valence-corrected chi connectivity index (χ1v) is 10.4. The van der Waals surface area contributed by atoms with Crippen molar-refractivity contribution in [2.45, 2.75) is 44.4 Å². The van der Waals surface area contributed by atoms with Crippen LogP contribution in [-0.2, 0) is 24.1 Å². The number of aromatic nitrogens is 4. The molecule has 0 radical (unpaired) electrons. The zero-order valence-electron chi connectivity index (χ0n) is 16.2. The highest BCUT2D eigenvalue weighted by atomic mass is 35.5. The second kappa shape index (κ2) is 8.55. The van der Waals surface area contributed by atoms with E-state index in [1.807, 2.05) is 0 Å². The third-order valence-corrected chi connectivity index (χ3v) is 5.65. The Kier molecular flexibility index (Phi) is 5.98. The number of halogens is 5. The van der Waals surface area contributed by atoms with Gasteiger partial charge in [0, 0.05) is 52.4 Å². The van der Waals surface area contributed by atoms with Crippen molar-refractivity contribution in [2.24, 2.45) is 0 Å². The molecule has 0 aliphatic heterocycles. The second-order valence-electron chi connectivity index (χ2n) is 7.35. The molecule has 1 N–H and O–H groups in total. The minimum absolute atomic E-state index is 0.0259. The number of nitrogens with one attached hydrogen (secondary N) is 1. The summed E-state index contributed by atoms with van der Waals surface area (Å²) < 4.78 is 41.8. The van der Waals surface area contributed by atoms with Gasteiger partial charge >= 0.3 is 6.18 Å². The molecule has 6 nitrogen and oxygen atoms in total. The molecule has 2 heterocycles. The monoisotopic (exact) mass is 471 g/mol. The Bertz CT molecular complexity index is 1080. The molecule has 1 fully saturated rings. The van der Waals surface area contributed by atoms with Crippen molar-refractivity contribution in [3.63, 3.8) is 0 Å². The van der Waals surface area contributed by atoms with E-state index in [0.29, 0.717) is 33.7 Å². The number of carbonyl (C=O) groups excluding carboxylic acids is 1. The summed E-state index contributed by atoms with van der Waals surface area (Å²) in [5.74, 6) is 0.0397. The molecule has 1 aromatic carbocycles. The van der Waals surface area contributed by atoms with E-state index in [-0.39, 0.29) is 24.8 Å². The standard InChI is InChI=1S/C20H18Cl2F3N5O/c21-14-2-1-3-15(22)13(14)11-29-8-6-18(28-29)26-19(31)7-9-30-16(12-4-5-12)10-17(27-30)20(23,24)25/h1-3,6,8,10,12H,4-5,7,9,11H2,(H,26,28,31). The maximum absolute atomic E-state index is 13.0. The Labute approximate surface area is 185 Å². The number of alkyl halides is 3. The van der Waals surface area contributed by atoms with Gasteiger partial charge < -0.3 is 5.32 Å². The zero-order valence-corrected chi connectivity index (χ0v) is 17.7. The molecular weight excluding hydrogens is 454 g/mol. The van der Waals surface area contributed by atoms with E-state index in [2.05, 4.69) is 15.5 Å². The molecule has 1 aliphatic rings. The van der Waals surface area contributed by atoms with E-state index in [0.717, 1.165) is 18.9 Å². The molecule has 11 heteroatoms. The van der Waals surface area contributed by atoms with E-state index < -0.39 is 11.9 Å². The lowest BCUT2D eigenvalue weighted by Crippen LogP contribution is -2.17. The normalized spacial score (nSPS) is 14.1. The Hall–Kier alpha value is -2.52. The van der Waals surface area contributed by atoms with Crippen LogP contribution in [0.2, 0.25) is 10.0 Å². The van der Waals surface area contributed by atoms with Crippen LogP contribution in [0.5, 0.6) is 0 Å². The van der Waals surface area contributed by atoms with Crippen molar-refractivity contribution in [1.29, 1.82) is 0 Å². The lowest BCUT2D eigenvalue weighted by atomic mass is 10.2. The van der Waals surface area contributed by atoms with Crippen molar-refractivity contribution in [3.8, 4) is 0 Å². The van der Waals surface area contributed by atoms with E-state index in [4.69, 9.17) is 23.2 Å². The molecule has 3 aromatic rings.